The van der Waals surface area contributed by atoms with Crippen LogP contribution in [0.5, 0.6) is 17.2 Å². The van der Waals surface area contributed by atoms with E-state index < -0.39 is 0 Å². The first kappa shape index (κ1) is 23.7. The topological polar surface area (TPSA) is 51.1 Å². The van der Waals surface area contributed by atoms with Crippen molar-refractivity contribution in [2.75, 3.05) is 6.61 Å². The minimum Gasteiger partial charge on any atom is -0.484 e. The molecule has 186 valence electrons. The van der Waals surface area contributed by atoms with Gasteiger partial charge in [0, 0.05) is 15.7 Å². The molecule has 0 N–H and O–H groups in total. The Morgan fingerprint density at radius 3 is 2.43 bits per heavy atom. The van der Waals surface area contributed by atoms with Crippen LogP contribution in [0.2, 0.25) is 0 Å². The zero-order valence-electron chi connectivity index (χ0n) is 20.2. The lowest BCUT2D eigenvalue weighted by Gasteiger charge is -2.28. The monoisotopic (exact) mass is 526 g/mol. The number of benzene rings is 2. The molecule has 1 amide bonds. The van der Waals surface area contributed by atoms with Crippen molar-refractivity contribution in [3.05, 3.63) is 105 Å². The SMILES string of the molecule is O=C(COc1ccc(Oc2ccccc2)cc1)N1N=C2/C(=C/c3cccs3)CCCC2C1c1cccs1. The average Bonchev–Trinajstić information content (AvgIpc) is 3.70. The number of carbonyl (C=O) groups excluding carboxylic acids is 1. The maximum Gasteiger partial charge on any atom is 0.281 e. The first-order valence-electron chi connectivity index (χ1n) is 12.4. The Labute approximate surface area is 224 Å². The van der Waals surface area contributed by atoms with E-state index in [0.29, 0.717) is 11.5 Å². The maximum atomic E-state index is 13.5. The highest BCUT2D eigenvalue weighted by molar-refractivity contribution is 7.11. The van der Waals surface area contributed by atoms with E-state index >= 15 is 0 Å². The number of hydrogen-bond acceptors (Lipinski definition) is 6. The number of allylic oxidation sites excluding steroid dienone is 1. The lowest BCUT2D eigenvalue weighted by atomic mass is 9.79. The number of amides is 1. The van der Waals surface area contributed by atoms with E-state index in [0.717, 1.165) is 35.6 Å². The first-order chi connectivity index (χ1) is 18.2. The summed E-state index contributed by atoms with van der Waals surface area (Å²) in [5, 5.41) is 10.8. The molecular formula is C30H26N2O3S2. The maximum absolute atomic E-state index is 13.5. The van der Waals surface area contributed by atoms with E-state index in [-0.39, 0.29) is 24.5 Å². The highest BCUT2D eigenvalue weighted by atomic mass is 32.1. The van der Waals surface area contributed by atoms with E-state index in [1.165, 1.54) is 10.5 Å². The molecule has 2 aliphatic rings. The number of carbonyl (C=O) groups is 1. The van der Waals surface area contributed by atoms with Crippen molar-refractivity contribution in [2.24, 2.45) is 11.0 Å². The summed E-state index contributed by atoms with van der Waals surface area (Å²) in [6.07, 6.45) is 5.35. The molecule has 2 aromatic heterocycles. The van der Waals surface area contributed by atoms with E-state index in [1.807, 2.05) is 60.7 Å². The summed E-state index contributed by atoms with van der Waals surface area (Å²) in [6, 6.07) is 25.2. The molecule has 1 saturated carbocycles. The lowest BCUT2D eigenvalue weighted by molar-refractivity contribution is -0.135. The van der Waals surface area contributed by atoms with Gasteiger partial charge in [-0.15, -0.1) is 22.7 Å². The molecule has 37 heavy (non-hydrogen) atoms. The van der Waals surface area contributed by atoms with E-state index in [4.69, 9.17) is 14.6 Å². The molecule has 0 bridgehead atoms. The van der Waals surface area contributed by atoms with Crippen molar-refractivity contribution in [3.63, 3.8) is 0 Å². The minimum absolute atomic E-state index is 0.0752. The number of nitrogens with zero attached hydrogens (tertiary/aromatic N) is 2. The van der Waals surface area contributed by atoms with Crippen LogP contribution < -0.4 is 9.47 Å². The number of ether oxygens (including phenoxy) is 2. The van der Waals surface area contributed by atoms with Gasteiger partial charge >= 0.3 is 0 Å². The molecule has 1 aliphatic carbocycles. The van der Waals surface area contributed by atoms with Crippen LogP contribution in [0.1, 0.15) is 35.1 Å². The number of para-hydroxylation sites is 1. The molecule has 0 saturated heterocycles. The molecule has 1 fully saturated rings. The van der Waals surface area contributed by atoms with Gasteiger partial charge in [-0.05, 0) is 90.2 Å². The van der Waals surface area contributed by atoms with Crippen LogP contribution >= 0.6 is 22.7 Å². The fraction of sp³-hybridized carbons (Fsp3) is 0.200. The van der Waals surface area contributed by atoms with Crippen molar-refractivity contribution >= 4 is 40.4 Å². The Morgan fingerprint density at radius 2 is 1.68 bits per heavy atom. The number of hydrogen-bond donors (Lipinski definition) is 0. The van der Waals surface area contributed by atoms with Crippen LogP contribution in [-0.2, 0) is 4.79 Å². The Morgan fingerprint density at radius 1 is 0.919 bits per heavy atom. The van der Waals surface area contributed by atoms with Crippen molar-refractivity contribution in [1.29, 1.82) is 0 Å². The standard InChI is InChI=1S/C30H26N2O3S2/c33-28(20-34-22-13-15-24(16-14-22)35-23-8-2-1-3-9-23)32-30(27-12-6-18-37-27)26-11-4-7-21(29(26)31-32)19-25-10-5-17-36-25/h1-3,5-6,8-10,12-19,26,30H,4,7,11,20H2/b21-19+. The minimum atomic E-state index is -0.139. The Balaban J connectivity index is 1.18. The summed E-state index contributed by atoms with van der Waals surface area (Å²) in [5.74, 6) is 2.16. The second-order valence-electron chi connectivity index (χ2n) is 9.04. The molecule has 0 spiro atoms. The Bertz CT molecular complexity index is 1400. The molecule has 2 aromatic carbocycles. The van der Waals surface area contributed by atoms with Gasteiger partial charge in [0.15, 0.2) is 6.61 Å². The Hall–Kier alpha value is -3.68. The summed E-state index contributed by atoms with van der Waals surface area (Å²) in [5.41, 5.74) is 2.29. The lowest BCUT2D eigenvalue weighted by Crippen LogP contribution is -2.34. The normalized spacial score (nSPS) is 19.9. The third-order valence-electron chi connectivity index (χ3n) is 6.62. The average molecular weight is 527 g/mol. The summed E-state index contributed by atoms with van der Waals surface area (Å²) in [7, 11) is 0. The smallest absolute Gasteiger partial charge is 0.281 e. The van der Waals surface area contributed by atoms with Gasteiger partial charge in [-0.2, -0.15) is 5.10 Å². The molecule has 7 heteroatoms. The van der Waals surface area contributed by atoms with Crippen LogP contribution in [-0.4, -0.2) is 23.2 Å². The van der Waals surface area contributed by atoms with Crippen LogP contribution in [0.15, 0.2) is 100 Å². The van der Waals surface area contributed by atoms with Gasteiger partial charge in [0.05, 0.1) is 11.8 Å². The molecule has 2 atom stereocenters. The second-order valence-corrected chi connectivity index (χ2v) is 11.0. The van der Waals surface area contributed by atoms with Gasteiger partial charge in [-0.25, -0.2) is 5.01 Å². The third-order valence-corrected chi connectivity index (χ3v) is 8.38. The molecule has 2 unspecified atom stereocenters. The molecule has 3 heterocycles. The van der Waals surface area contributed by atoms with Gasteiger partial charge in [0.25, 0.3) is 5.91 Å². The number of fused-ring (bicyclic) bond motifs is 1. The summed E-state index contributed by atoms with van der Waals surface area (Å²) in [4.78, 5) is 15.8. The number of rotatable bonds is 7. The van der Waals surface area contributed by atoms with Crippen molar-refractivity contribution in [2.45, 2.75) is 25.3 Å². The van der Waals surface area contributed by atoms with E-state index in [2.05, 4.69) is 35.0 Å². The van der Waals surface area contributed by atoms with Crippen LogP contribution in [0.3, 0.4) is 0 Å². The first-order valence-corrected chi connectivity index (χ1v) is 14.1. The van der Waals surface area contributed by atoms with Gasteiger partial charge in [-0.1, -0.05) is 30.3 Å². The van der Waals surface area contributed by atoms with Crippen molar-refractivity contribution < 1.29 is 14.3 Å². The van der Waals surface area contributed by atoms with Crippen LogP contribution in [0.25, 0.3) is 6.08 Å². The fourth-order valence-electron chi connectivity index (χ4n) is 4.93. The van der Waals surface area contributed by atoms with Gasteiger partial charge < -0.3 is 9.47 Å². The molecular weight excluding hydrogens is 500 g/mol. The Kier molecular flexibility index (Phi) is 6.88. The highest BCUT2D eigenvalue weighted by Gasteiger charge is 2.44. The zero-order valence-corrected chi connectivity index (χ0v) is 21.8. The quantitative estimate of drug-likeness (QED) is 0.247. The molecule has 6 rings (SSSR count). The molecule has 1 aliphatic heterocycles. The number of hydrazone groups is 1. The zero-order chi connectivity index (χ0) is 25.0. The van der Waals surface area contributed by atoms with Crippen molar-refractivity contribution in [3.8, 4) is 17.2 Å². The second kappa shape index (κ2) is 10.7. The van der Waals surface area contributed by atoms with Crippen LogP contribution in [0, 0.1) is 5.92 Å². The van der Waals surface area contributed by atoms with E-state index in [1.54, 1.807) is 27.7 Å². The molecule has 5 nitrogen and oxygen atoms in total. The van der Waals surface area contributed by atoms with Crippen LogP contribution in [0.4, 0.5) is 0 Å². The predicted molar refractivity (Wildman–Crippen MR) is 149 cm³/mol. The largest absolute Gasteiger partial charge is 0.484 e. The predicted octanol–water partition coefficient (Wildman–Crippen LogP) is 7.80. The van der Waals surface area contributed by atoms with Gasteiger partial charge in [0.2, 0.25) is 0 Å². The van der Waals surface area contributed by atoms with Crippen molar-refractivity contribution in [1.82, 2.24) is 5.01 Å². The molecule has 0 radical (unpaired) electrons. The fourth-order valence-corrected chi connectivity index (χ4v) is 6.49. The van der Waals surface area contributed by atoms with Gasteiger partial charge in [0.1, 0.15) is 17.2 Å². The summed E-state index contributed by atoms with van der Waals surface area (Å²) < 4.78 is 11.7. The summed E-state index contributed by atoms with van der Waals surface area (Å²) in [6.45, 7) is -0.0752. The van der Waals surface area contributed by atoms with E-state index in [9.17, 15) is 4.79 Å². The molecule has 4 aromatic rings. The third kappa shape index (κ3) is 5.24. The van der Waals surface area contributed by atoms with Gasteiger partial charge in [-0.3, -0.25) is 4.79 Å². The highest BCUT2D eigenvalue weighted by Crippen LogP contribution is 2.45. The number of thiophene rings is 2. The summed E-state index contributed by atoms with van der Waals surface area (Å²) >= 11 is 3.41.